The van der Waals surface area contributed by atoms with Crippen LogP contribution in [0.25, 0.3) is 10.8 Å². The van der Waals surface area contributed by atoms with E-state index < -0.39 is 0 Å². The first-order chi connectivity index (χ1) is 10.1. The van der Waals surface area contributed by atoms with Crippen molar-refractivity contribution >= 4 is 22.3 Å². The molecule has 1 aliphatic rings. The molecule has 2 atom stereocenters. The normalized spacial score (nSPS) is 22.5. The number of hydrogen-bond donors (Lipinski definition) is 3. The minimum atomic E-state index is -0.287. The summed E-state index contributed by atoms with van der Waals surface area (Å²) in [5.74, 6) is 0.439. The van der Waals surface area contributed by atoms with Crippen LogP contribution in [0.4, 0.5) is 5.69 Å². The molecule has 2 unspecified atom stereocenters. The van der Waals surface area contributed by atoms with Crippen LogP contribution in [0.5, 0.6) is 0 Å². The number of nitrogens with one attached hydrogen (secondary N) is 1. The molecule has 110 valence electrons. The lowest BCUT2D eigenvalue weighted by Gasteiger charge is -2.36. The van der Waals surface area contributed by atoms with Crippen molar-refractivity contribution in [1.82, 2.24) is 0 Å². The topological polar surface area (TPSA) is 73.3 Å². The predicted octanol–water partition coefficient (Wildman–Crippen LogP) is 2.33. The Bertz CT molecular complexity index is 683. The molecule has 0 aliphatic carbocycles. The number of amidine groups is 1. The molecule has 0 bridgehead atoms. The first-order valence-corrected chi connectivity index (χ1v) is 7.37. The van der Waals surface area contributed by atoms with E-state index in [9.17, 15) is 5.11 Å². The molecule has 3 rings (SSSR count). The lowest BCUT2D eigenvalue weighted by molar-refractivity contribution is 0.103. The van der Waals surface area contributed by atoms with E-state index in [1.165, 1.54) is 0 Å². The zero-order chi connectivity index (χ0) is 15.0. The fourth-order valence-corrected chi connectivity index (χ4v) is 3.06. The predicted molar refractivity (Wildman–Crippen MR) is 87.0 cm³/mol. The Hall–Kier alpha value is -2.07. The van der Waals surface area contributed by atoms with Crippen LogP contribution in [-0.4, -0.2) is 30.1 Å². The van der Waals surface area contributed by atoms with Crippen LogP contribution < -0.4 is 10.6 Å². The smallest absolute Gasteiger partial charge is 0.123 e. The highest BCUT2D eigenvalue weighted by molar-refractivity contribution is 6.10. The Morgan fingerprint density at radius 2 is 1.95 bits per heavy atom. The molecule has 0 saturated carbocycles. The summed E-state index contributed by atoms with van der Waals surface area (Å²) in [6, 6.07) is 11.9. The van der Waals surface area contributed by atoms with E-state index in [1.807, 2.05) is 30.3 Å². The fraction of sp³-hybridized carbons (Fsp3) is 0.353. The molecule has 0 amide bonds. The number of fused-ring (bicyclic) bond motifs is 1. The summed E-state index contributed by atoms with van der Waals surface area (Å²) in [5.41, 5.74) is 7.56. The number of rotatable bonds is 2. The van der Waals surface area contributed by atoms with Crippen LogP contribution in [0, 0.1) is 11.3 Å². The molecule has 1 fully saturated rings. The van der Waals surface area contributed by atoms with Gasteiger partial charge in [0.25, 0.3) is 0 Å². The number of piperidine rings is 1. The molecule has 4 N–H and O–H groups in total. The van der Waals surface area contributed by atoms with Crippen molar-refractivity contribution in [2.75, 3.05) is 18.0 Å². The number of benzene rings is 2. The zero-order valence-corrected chi connectivity index (χ0v) is 12.2. The summed E-state index contributed by atoms with van der Waals surface area (Å²) in [4.78, 5) is 2.23. The minimum absolute atomic E-state index is 0.0880. The zero-order valence-electron chi connectivity index (χ0n) is 12.2. The van der Waals surface area contributed by atoms with Gasteiger partial charge in [-0.1, -0.05) is 31.2 Å². The largest absolute Gasteiger partial charge is 0.391 e. The number of nitrogen functional groups attached to an aromatic ring is 1. The molecule has 2 aromatic carbocycles. The van der Waals surface area contributed by atoms with E-state index in [2.05, 4.69) is 17.9 Å². The van der Waals surface area contributed by atoms with E-state index in [0.717, 1.165) is 35.0 Å². The van der Waals surface area contributed by atoms with Crippen molar-refractivity contribution in [3.63, 3.8) is 0 Å². The van der Waals surface area contributed by atoms with Crippen molar-refractivity contribution in [2.45, 2.75) is 19.4 Å². The third-order valence-electron chi connectivity index (χ3n) is 4.45. The van der Waals surface area contributed by atoms with Gasteiger partial charge in [-0.3, -0.25) is 5.41 Å². The Morgan fingerprint density at radius 1 is 1.24 bits per heavy atom. The number of nitrogens with two attached hydrogens (primary N) is 1. The van der Waals surface area contributed by atoms with E-state index in [-0.39, 0.29) is 11.9 Å². The molecule has 4 nitrogen and oxygen atoms in total. The Labute approximate surface area is 124 Å². The first-order valence-electron chi connectivity index (χ1n) is 7.37. The summed E-state index contributed by atoms with van der Waals surface area (Å²) in [6.07, 6.45) is 0.703. The number of anilines is 1. The second kappa shape index (κ2) is 5.37. The van der Waals surface area contributed by atoms with Gasteiger partial charge < -0.3 is 15.7 Å². The fourth-order valence-electron chi connectivity index (χ4n) is 3.06. The molecule has 0 spiro atoms. The van der Waals surface area contributed by atoms with Gasteiger partial charge in [0.05, 0.1) is 6.10 Å². The maximum absolute atomic E-state index is 10.1. The summed E-state index contributed by atoms with van der Waals surface area (Å²) in [5, 5.41) is 19.9. The second-order valence-electron chi connectivity index (χ2n) is 5.87. The maximum Gasteiger partial charge on any atom is 0.123 e. The van der Waals surface area contributed by atoms with E-state index >= 15 is 0 Å². The summed E-state index contributed by atoms with van der Waals surface area (Å²) in [7, 11) is 0. The highest BCUT2D eigenvalue weighted by atomic mass is 16.3. The van der Waals surface area contributed by atoms with Gasteiger partial charge >= 0.3 is 0 Å². The van der Waals surface area contributed by atoms with Crippen LogP contribution in [0.2, 0.25) is 0 Å². The number of β-amino-alcohol motifs (C(OH)–C–C–N with tert-alkyl or cyclic N) is 1. The van der Waals surface area contributed by atoms with Crippen molar-refractivity contribution in [1.29, 1.82) is 5.41 Å². The standard InChI is InChI=1S/C17H21N3O/c1-11-8-9-20(10-16(11)21)15-7-6-14(17(18)19)12-4-2-3-5-13(12)15/h2-7,11,16,21H,8-10H2,1H3,(H3,18,19). The number of nitrogens with zero attached hydrogens (tertiary/aromatic N) is 1. The number of aliphatic hydroxyl groups is 1. The van der Waals surface area contributed by atoms with Gasteiger partial charge in [-0.25, -0.2) is 0 Å². The van der Waals surface area contributed by atoms with Crippen LogP contribution in [-0.2, 0) is 0 Å². The van der Waals surface area contributed by atoms with Crippen LogP contribution in [0.15, 0.2) is 36.4 Å². The van der Waals surface area contributed by atoms with Gasteiger partial charge in [0.15, 0.2) is 0 Å². The van der Waals surface area contributed by atoms with Crippen molar-refractivity contribution in [3.05, 3.63) is 42.0 Å². The molecule has 1 saturated heterocycles. The van der Waals surface area contributed by atoms with Gasteiger partial charge in [0, 0.05) is 29.7 Å². The third-order valence-corrected chi connectivity index (χ3v) is 4.45. The van der Waals surface area contributed by atoms with Crippen LogP contribution in [0.1, 0.15) is 18.9 Å². The monoisotopic (exact) mass is 283 g/mol. The maximum atomic E-state index is 10.1. The molecule has 1 heterocycles. The first kappa shape index (κ1) is 13.9. The quantitative estimate of drug-likeness (QED) is 0.585. The highest BCUT2D eigenvalue weighted by Crippen LogP contribution is 2.32. The number of aliphatic hydroxyl groups excluding tert-OH is 1. The Balaban J connectivity index is 2.08. The molecule has 4 heteroatoms. The minimum Gasteiger partial charge on any atom is -0.391 e. The molecular weight excluding hydrogens is 262 g/mol. The van der Waals surface area contributed by atoms with Crippen molar-refractivity contribution in [3.8, 4) is 0 Å². The van der Waals surface area contributed by atoms with E-state index in [0.29, 0.717) is 12.5 Å². The average molecular weight is 283 g/mol. The summed E-state index contributed by atoms with van der Waals surface area (Å²) >= 11 is 0. The molecule has 21 heavy (non-hydrogen) atoms. The van der Waals surface area contributed by atoms with Crippen LogP contribution >= 0.6 is 0 Å². The van der Waals surface area contributed by atoms with E-state index in [1.54, 1.807) is 0 Å². The molecule has 1 aliphatic heterocycles. The Kier molecular flexibility index (Phi) is 3.55. The second-order valence-corrected chi connectivity index (χ2v) is 5.87. The van der Waals surface area contributed by atoms with Crippen molar-refractivity contribution in [2.24, 2.45) is 11.7 Å². The van der Waals surface area contributed by atoms with Crippen molar-refractivity contribution < 1.29 is 5.11 Å². The summed E-state index contributed by atoms with van der Waals surface area (Å²) < 4.78 is 0. The van der Waals surface area contributed by atoms with Gasteiger partial charge in [0.1, 0.15) is 5.84 Å². The summed E-state index contributed by atoms with van der Waals surface area (Å²) in [6.45, 7) is 3.70. The molecule has 2 aromatic rings. The number of hydrogen-bond acceptors (Lipinski definition) is 3. The average Bonchev–Trinajstić information content (AvgIpc) is 2.49. The van der Waals surface area contributed by atoms with Gasteiger partial charge in [-0.05, 0) is 29.9 Å². The molecule has 0 radical (unpaired) electrons. The van der Waals surface area contributed by atoms with Gasteiger partial charge in [0.2, 0.25) is 0 Å². The third kappa shape index (κ3) is 2.47. The SMILES string of the molecule is CC1CCN(c2ccc(C(=N)N)c3ccccc23)CC1O. The molecule has 0 aromatic heterocycles. The van der Waals surface area contributed by atoms with Gasteiger partial charge in [-0.15, -0.1) is 0 Å². The lowest BCUT2D eigenvalue weighted by Crippen LogP contribution is -2.43. The highest BCUT2D eigenvalue weighted by Gasteiger charge is 2.25. The lowest BCUT2D eigenvalue weighted by atomic mass is 9.94. The molecular formula is C17H21N3O. The van der Waals surface area contributed by atoms with E-state index in [4.69, 9.17) is 11.1 Å². The Morgan fingerprint density at radius 3 is 2.62 bits per heavy atom. The van der Waals surface area contributed by atoms with Gasteiger partial charge in [-0.2, -0.15) is 0 Å². The van der Waals surface area contributed by atoms with Crippen LogP contribution in [0.3, 0.4) is 0 Å².